The van der Waals surface area contributed by atoms with Crippen LogP contribution in [0.1, 0.15) is 41.0 Å². The van der Waals surface area contributed by atoms with Gasteiger partial charge in [-0.2, -0.15) is 18.3 Å². The minimum atomic E-state index is -4.51. The van der Waals surface area contributed by atoms with Gasteiger partial charge in [-0.25, -0.2) is 19.6 Å². The van der Waals surface area contributed by atoms with Gasteiger partial charge in [-0.1, -0.05) is 0 Å². The third-order valence-corrected chi connectivity index (χ3v) is 7.90. The van der Waals surface area contributed by atoms with Crippen molar-refractivity contribution >= 4 is 5.91 Å². The molecule has 6 rings (SSSR count). The molecule has 0 spiro atoms. The van der Waals surface area contributed by atoms with E-state index in [1.807, 2.05) is 13.8 Å². The molecule has 43 heavy (non-hydrogen) atoms. The average molecular weight is 594 g/mol. The first-order valence-corrected chi connectivity index (χ1v) is 13.7. The third-order valence-electron chi connectivity index (χ3n) is 7.90. The van der Waals surface area contributed by atoms with Crippen molar-refractivity contribution in [1.82, 2.24) is 29.6 Å². The van der Waals surface area contributed by atoms with Gasteiger partial charge in [0.1, 0.15) is 11.9 Å². The zero-order valence-electron chi connectivity index (χ0n) is 24.0. The molecule has 1 aliphatic heterocycles. The summed E-state index contributed by atoms with van der Waals surface area (Å²) in [6.07, 6.45) is 0.194. The van der Waals surface area contributed by atoms with Crippen molar-refractivity contribution in [3.05, 3.63) is 77.4 Å². The first kappa shape index (κ1) is 28.6. The van der Waals surface area contributed by atoms with Crippen LogP contribution in [0.4, 0.5) is 13.2 Å². The first-order chi connectivity index (χ1) is 20.3. The summed E-state index contributed by atoms with van der Waals surface area (Å²) in [6, 6.07) is 8.47. The lowest BCUT2D eigenvalue weighted by Crippen LogP contribution is -2.33. The number of hydrogen-bond acceptors (Lipinski definition) is 8. The van der Waals surface area contributed by atoms with Crippen molar-refractivity contribution in [3.8, 4) is 28.8 Å². The molecule has 2 aliphatic rings. The Bertz CT molecular complexity index is 1670. The largest absolute Gasteiger partial charge is 0.496 e. The predicted molar refractivity (Wildman–Crippen MR) is 150 cm³/mol. The Morgan fingerprint density at radius 2 is 1.74 bits per heavy atom. The summed E-state index contributed by atoms with van der Waals surface area (Å²) < 4.78 is 53.0. The van der Waals surface area contributed by atoms with Crippen molar-refractivity contribution in [2.45, 2.75) is 38.6 Å². The highest BCUT2D eigenvalue weighted by atomic mass is 19.4. The number of ether oxygens (including phenoxy) is 2. The number of rotatable bonds is 7. The van der Waals surface area contributed by atoms with E-state index >= 15 is 0 Å². The summed E-state index contributed by atoms with van der Waals surface area (Å²) in [5, 5.41) is 4.40. The van der Waals surface area contributed by atoms with Gasteiger partial charge in [0.25, 0.3) is 5.91 Å². The molecule has 0 bridgehead atoms. The van der Waals surface area contributed by atoms with Gasteiger partial charge < -0.3 is 20.1 Å². The molecule has 10 nitrogen and oxygen atoms in total. The molecule has 2 N–H and O–H groups in total. The van der Waals surface area contributed by atoms with Crippen LogP contribution in [-0.2, 0) is 11.7 Å². The quantitative estimate of drug-likeness (QED) is 0.335. The minimum absolute atomic E-state index is 0.0372. The number of alkyl halides is 3. The number of aromatic nitrogens is 5. The van der Waals surface area contributed by atoms with E-state index in [2.05, 4.69) is 20.1 Å². The van der Waals surface area contributed by atoms with E-state index in [-0.39, 0.29) is 29.6 Å². The Labute approximate surface area is 245 Å². The van der Waals surface area contributed by atoms with Gasteiger partial charge in [-0.3, -0.25) is 4.79 Å². The zero-order chi connectivity index (χ0) is 30.7. The van der Waals surface area contributed by atoms with Gasteiger partial charge >= 0.3 is 6.18 Å². The van der Waals surface area contributed by atoms with Gasteiger partial charge in [0.15, 0.2) is 0 Å². The molecule has 3 atom stereocenters. The van der Waals surface area contributed by atoms with Crippen LogP contribution in [0.15, 0.2) is 55.0 Å². The fourth-order valence-corrected chi connectivity index (χ4v) is 5.46. The highest BCUT2D eigenvalue weighted by Gasteiger charge is 2.59. The summed E-state index contributed by atoms with van der Waals surface area (Å²) in [6.45, 7) is 6.45. The molecule has 1 aliphatic carbocycles. The van der Waals surface area contributed by atoms with Crippen molar-refractivity contribution in [2.24, 2.45) is 17.6 Å². The number of amides is 1. The van der Waals surface area contributed by atoms with Crippen molar-refractivity contribution in [3.63, 3.8) is 0 Å². The number of nitrogens with two attached hydrogens (primary N) is 1. The van der Waals surface area contributed by atoms with Crippen LogP contribution >= 0.6 is 0 Å². The lowest BCUT2D eigenvalue weighted by atomic mass is 9.94. The van der Waals surface area contributed by atoms with Crippen LogP contribution in [0.2, 0.25) is 0 Å². The topological polar surface area (TPSA) is 121 Å². The van der Waals surface area contributed by atoms with Gasteiger partial charge in [-0.05, 0) is 56.7 Å². The number of fused-ring (bicyclic) bond motifs is 1. The van der Waals surface area contributed by atoms with E-state index in [1.165, 1.54) is 17.9 Å². The number of halogens is 3. The number of carbonyl (C=O) groups excluding carboxylic acids is 1. The van der Waals surface area contributed by atoms with Crippen molar-refractivity contribution < 1.29 is 27.4 Å². The van der Waals surface area contributed by atoms with E-state index in [4.69, 9.17) is 15.2 Å². The fraction of sp³-hybridized carbons (Fsp3) is 0.367. The molecule has 1 amide bonds. The fourth-order valence-electron chi connectivity index (χ4n) is 5.46. The number of benzene rings is 1. The maximum Gasteiger partial charge on any atom is 0.416 e. The van der Waals surface area contributed by atoms with Gasteiger partial charge in [-0.15, -0.1) is 0 Å². The molecule has 0 unspecified atom stereocenters. The van der Waals surface area contributed by atoms with E-state index in [9.17, 15) is 18.0 Å². The van der Waals surface area contributed by atoms with Crippen LogP contribution < -0.4 is 15.2 Å². The molecule has 2 fully saturated rings. The number of hydrogen-bond donors (Lipinski definition) is 1. The Morgan fingerprint density at radius 3 is 2.37 bits per heavy atom. The molecular weight excluding hydrogens is 563 g/mol. The molecular formula is C30H30F3N7O3. The van der Waals surface area contributed by atoms with Crippen LogP contribution in [-0.4, -0.2) is 61.8 Å². The molecule has 1 saturated heterocycles. The van der Waals surface area contributed by atoms with E-state index in [1.54, 1.807) is 48.6 Å². The van der Waals surface area contributed by atoms with Gasteiger partial charge in [0.2, 0.25) is 11.8 Å². The lowest BCUT2D eigenvalue weighted by molar-refractivity contribution is -0.137. The maximum atomic E-state index is 13.3. The number of methoxy groups -OCH3 is 1. The summed E-state index contributed by atoms with van der Waals surface area (Å²) in [5.74, 6) is 0.855. The Morgan fingerprint density at radius 1 is 1.05 bits per heavy atom. The smallest absolute Gasteiger partial charge is 0.416 e. The lowest BCUT2D eigenvalue weighted by Gasteiger charge is -2.23. The molecule has 0 radical (unpaired) electrons. The second-order valence-corrected chi connectivity index (χ2v) is 11.5. The predicted octanol–water partition coefficient (Wildman–Crippen LogP) is 4.40. The standard InChI is InChI=1S/C30H30F3N7O3/c1-16-20(15-40(38-16)28-35-8-5-9-36-28)27(41)39-13-21-22(14-39)26(21)43-25-12-18(29(2,3)34)10-23(37-25)19-7-6-17(30(31,32)33)11-24(19)42-4/h5-12,15,21-22,26H,13-14,34H2,1-4H3/t21-,22+,26-. The summed E-state index contributed by atoms with van der Waals surface area (Å²) in [4.78, 5) is 28.1. The molecule has 1 saturated carbocycles. The zero-order valence-corrected chi connectivity index (χ0v) is 24.0. The second-order valence-electron chi connectivity index (χ2n) is 11.5. The minimum Gasteiger partial charge on any atom is -0.496 e. The number of piperidine rings is 1. The number of nitrogens with zero attached hydrogens (tertiary/aromatic N) is 6. The summed E-state index contributed by atoms with van der Waals surface area (Å²) >= 11 is 0. The number of likely N-dealkylation sites (tertiary alicyclic amines) is 1. The Hall–Kier alpha value is -4.52. The second kappa shape index (κ2) is 10.3. The summed E-state index contributed by atoms with van der Waals surface area (Å²) in [7, 11) is 1.31. The van der Waals surface area contributed by atoms with Crippen molar-refractivity contribution in [2.75, 3.05) is 20.2 Å². The first-order valence-electron chi connectivity index (χ1n) is 13.7. The highest BCUT2D eigenvalue weighted by Crippen LogP contribution is 2.48. The van der Waals surface area contributed by atoms with Crippen LogP contribution in [0.3, 0.4) is 0 Å². The normalized spacial score (nSPS) is 19.7. The van der Waals surface area contributed by atoms with E-state index < -0.39 is 17.3 Å². The molecule has 1 aromatic carbocycles. The third kappa shape index (κ3) is 5.52. The molecule has 4 aromatic rings. The van der Waals surface area contributed by atoms with Crippen LogP contribution in [0.5, 0.6) is 11.6 Å². The van der Waals surface area contributed by atoms with Crippen LogP contribution in [0.25, 0.3) is 17.2 Å². The van der Waals surface area contributed by atoms with E-state index in [0.29, 0.717) is 53.0 Å². The Kier molecular flexibility index (Phi) is 6.87. The monoisotopic (exact) mass is 593 g/mol. The average Bonchev–Trinajstić information content (AvgIpc) is 3.28. The number of carbonyl (C=O) groups is 1. The summed E-state index contributed by atoms with van der Waals surface area (Å²) in [5.41, 5.74) is 7.35. The molecule has 4 heterocycles. The maximum absolute atomic E-state index is 13.3. The number of aryl methyl sites for hydroxylation is 1. The van der Waals surface area contributed by atoms with Crippen LogP contribution in [0, 0.1) is 18.8 Å². The van der Waals surface area contributed by atoms with Crippen molar-refractivity contribution in [1.29, 1.82) is 0 Å². The van der Waals surface area contributed by atoms with Gasteiger partial charge in [0.05, 0.1) is 29.6 Å². The Balaban J connectivity index is 1.19. The molecule has 3 aromatic heterocycles. The van der Waals surface area contributed by atoms with Gasteiger partial charge in [0, 0.05) is 60.7 Å². The SMILES string of the molecule is COc1cc(C(F)(F)F)ccc1-c1cc(C(C)(C)N)cc(O[C@@H]2[C@@H]3CN(C(=O)c4cn(-c5ncccn5)nc4C)C[C@@H]32)n1. The molecule has 13 heteroatoms. The number of pyridine rings is 1. The highest BCUT2D eigenvalue weighted by molar-refractivity contribution is 5.95. The molecule has 224 valence electrons. The van der Waals surface area contributed by atoms with E-state index in [0.717, 1.165) is 12.1 Å².